The standard InChI is InChI=1S/C18H21N5O2S/c24-11-12-25-17-8-6-15(7-9-17)14-19-10-13-26-18-20-21-22-23(18)16-4-2-1-3-5-16/h1-9,19,24H,10-14H2. The Labute approximate surface area is 156 Å². The minimum absolute atomic E-state index is 0.0223. The van der Waals surface area contributed by atoms with Gasteiger partial charge in [-0.15, -0.1) is 5.10 Å². The molecule has 0 atom stereocenters. The molecule has 0 amide bonds. The Morgan fingerprint density at radius 1 is 1.08 bits per heavy atom. The molecule has 0 aliphatic rings. The van der Waals surface area contributed by atoms with E-state index in [1.807, 2.05) is 54.6 Å². The molecule has 0 aliphatic carbocycles. The van der Waals surface area contributed by atoms with E-state index in [0.29, 0.717) is 6.61 Å². The lowest BCUT2D eigenvalue weighted by Crippen LogP contribution is -2.16. The fraction of sp³-hybridized carbons (Fsp3) is 0.278. The number of ether oxygens (including phenoxy) is 1. The van der Waals surface area contributed by atoms with Crippen molar-refractivity contribution in [2.75, 3.05) is 25.5 Å². The van der Waals surface area contributed by atoms with E-state index in [1.54, 1.807) is 16.4 Å². The van der Waals surface area contributed by atoms with E-state index in [-0.39, 0.29) is 6.61 Å². The molecular weight excluding hydrogens is 350 g/mol. The summed E-state index contributed by atoms with van der Waals surface area (Å²) in [5, 5.41) is 24.8. The second-order valence-electron chi connectivity index (χ2n) is 5.45. The first-order valence-electron chi connectivity index (χ1n) is 8.37. The van der Waals surface area contributed by atoms with E-state index < -0.39 is 0 Å². The van der Waals surface area contributed by atoms with E-state index in [4.69, 9.17) is 9.84 Å². The van der Waals surface area contributed by atoms with Gasteiger partial charge in [0.1, 0.15) is 12.4 Å². The molecule has 1 heterocycles. The van der Waals surface area contributed by atoms with E-state index in [9.17, 15) is 0 Å². The average molecular weight is 371 g/mol. The normalized spacial score (nSPS) is 10.8. The Bertz CT molecular complexity index is 780. The molecule has 0 aliphatic heterocycles. The summed E-state index contributed by atoms with van der Waals surface area (Å²) in [5.74, 6) is 1.64. The predicted octanol–water partition coefficient (Wildman–Crippen LogP) is 1.92. The second kappa shape index (κ2) is 9.91. The van der Waals surface area contributed by atoms with Gasteiger partial charge in [-0.1, -0.05) is 42.1 Å². The quantitative estimate of drug-likeness (QED) is 0.416. The number of nitrogens with zero attached hydrogens (tertiary/aromatic N) is 4. The fourth-order valence-electron chi connectivity index (χ4n) is 2.31. The molecule has 0 saturated heterocycles. The van der Waals surface area contributed by atoms with Crippen LogP contribution in [0.3, 0.4) is 0 Å². The zero-order valence-corrected chi connectivity index (χ0v) is 15.1. The van der Waals surface area contributed by atoms with Crippen molar-refractivity contribution in [3.63, 3.8) is 0 Å². The van der Waals surface area contributed by atoms with Crippen LogP contribution in [-0.4, -0.2) is 50.8 Å². The van der Waals surface area contributed by atoms with Crippen LogP contribution in [0.5, 0.6) is 5.75 Å². The van der Waals surface area contributed by atoms with Gasteiger partial charge in [0, 0.05) is 18.8 Å². The molecule has 2 aromatic carbocycles. The van der Waals surface area contributed by atoms with Gasteiger partial charge in [-0.2, -0.15) is 4.68 Å². The summed E-state index contributed by atoms with van der Waals surface area (Å²) in [6.07, 6.45) is 0. The molecule has 3 aromatic rings. The molecule has 26 heavy (non-hydrogen) atoms. The number of nitrogens with one attached hydrogen (secondary N) is 1. The zero-order valence-electron chi connectivity index (χ0n) is 14.3. The SMILES string of the molecule is OCCOc1ccc(CNCCSc2nnnn2-c2ccccc2)cc1. The van der Waals surface area contributed by atoms with Gasteiger partial charge in [-0.3, -0.25) is 0 Å². The third kappa shape index (κ3) is 5.29. The van der Waals surface area contributed by atoms with Crippen LogP contribution in [0, 0.1) is 0 Å². The second-order valence-corrected chi connectivity index (χ2v) is 6.51. The van der Waals surface area contributed by atoms with Gasteiger partial charge in [0.2, 0.25) is 5.16 Å². The minimum Gasteiger partial charge on any atom is -0.491 e. The summed E-state index contributed by atoms with van der Waals surface area (Å²) < 4.78 is 7.09. The molecule has 1 aromatic heterocycles. The van der Waals surface area contributed by atoms with Crippen molar-refractivity contribution >= 4 is 11.8 Å². The first-order valence-corrected chi connectivity index (χ1v) is 9.35. The smallest absolute Gasteiger partial charge is 0.214 e. The third-order valence-electron chi connectivity index (χ3n) is 3.56. The lowest BCUT2D eigenvalue weighted by molar-refractivity contribution is 0.201. The average Bonchev–Trinajstić information content (AvgIpc) is 3.16. The number of rotatable bonds is 10. The topological polar surface area (TPSA) is 85.1 Å². The highest BCUT2D eigenvalue weighted by atomic mass is 32.2. The van der Waals surface area contributed by atoms with Crippen LogP contribution in [0.15, 0.2) is 59.8 Å². The first kappa shape index (κ1) is 18.4. The maximum absolute atomic E-state index is 8.75. The van der Waals surface area contributed by atoms with Gasteiger partial charge in [-0.05, 0) is 40.3 Å². The Morgan fingerprint density at radius 2 is 1.88 bits per heavy atom. The monoisotopic (exact) mass is 371 g/mol. The van der Waals surface area contributed by atoms with Crippen LogP contribution >= 0.6 is 11.8 Å². The summed E-state index contributed by atoms with van der Waals surface area (Å²) >= 11 is 1.62. The number of hydrogen-bond acceptors (Lipinski definition) is 7. The van der Waals surface area contributed by atoms with Crippen molar-refractivity contribution in [2.24, 2.45) is 0 Å². The van der Waals surface area contributed by atoms with Gasteiger partial charge in [0.05, 0.1) is 12.3 Å². The van der Waals surface area contributed by atoms with Crippen molar-refractivity contribution in [3.8, 4) is 11.4 Å². The number of tetrazole rings is 1. The summed E-state index contributed by atoms with van der Waals surface area (Å²) in [7, 11) is 0. The summed E-state index contributed by atoms with van der Waals surface area (Å²) in [6, 6.07) is 17.7. The molecule has 8 heteroatoms. The van der Waals surface area contributed by atoms with Crippen LogP contribution in [0.4, 0.5) is 0 Å². The summed E-state index contributed by atoms with van der Waals surface area (Å²) in [5.41, 5.74) is 2.14. The minimum atomic E-state index is 0.0223. The molecule has 0 bridgehead atoms. The van der Waals surface area contributed by atoms with Crippen molar-refractivity contribution in [2.45, 2.75) is 11.7 Å². The van der Waals surface area contributed by atoms with Gasteiger partial charge < -0.3 is 15.2 Å². The predicted molar refractivity (Wildman–Crippen MR) is 101 cm³/mol. The van der Waals surface area contributed by atoms with Gasteiger partial charge in [-0.25, -0.2) is 0 Å². The first-order chi connectivity index (χ1) is 12.9. The van der Waals surface area contributed by atoms with Crippen molar-refractivity contribution < 1.29 is 9.84 Å². The van der Waals surface area contributed by atoms with Gasteiger partial charge >= 0.3 is 0 Å². The molecule has 7 nitrogen and oxygen atoms in total. The highest BCUT2D eigenvalue weighted by Crippen LogP contribution is 2.17. The van der Waals surface area contributed by atoms with Crippen LogP contribution in [0.1, 0.15) is 5.56 Å². The van der Waals surface area contributed by atoms with Crippen molar-refractivity contribution in [3.05, 3.63) is 60.2 Å². The Kier molecular flexibility index (Phi) is 7.00. The Morgan fingerprint density at radius 3 is 2.65 bits per heavy atom. The Balaban J connectivity index is 1.41. The fourth-order valence-corrected chi connectivity index (χ4v) is 3.10. The van der Waals surface area contributed by atoms with Crippen molar-refractivity contribution in [1.29, 1.82) is 0 Å². The number of aromatic nitrogens is 4. The maximum atomic E-state index is 8.75. The summed E-state index contributed by atoms with van der Waals surface area (Å²) in [4.78, 5) is 0. The molecule has 136 valence electrons. The highest BCUT2D eigenvalue weighted by molar-refractivity contribution is 7.99. The molecule has 0 radical (unpaired) electrons. The van der Waals surface area contributed by atoms with E-state index in [2.05, 4.69) is 20.8 Å². The third-order valence-corrected chi connectivity index (χ3v) is 4.49. The van der Waals surface area contributed by atoms with Crippen LogP contribution in [0.2, 0.25) is 0 Å². The van der Waals surface area contributed by atoms with E-state index in [1.165, 1.54) is 5.56 Å². The van der Waals surface area contributed by atoms with E-state index in [0.717, 1.165) is 35.4 Å². The van der Waals surface area contributed by atoms with Crippen LogP contribution in [-0.2, 0) is 6.54 Å². The molecule has 0 saturated carbocycles. The number of aliphatic hydroxyl groups is 1. The van der Waals surface area contributed by atoms with Gasteiger partial charge in [0.25, 0.3) is 0 Å². The molecule has 0 spiro atoms. The molecular formula is C18H21N5O2S. The van der Waals surface area contributed by atoms with Crippen LogP contribution in [0.25, 0.3) is 5.69 Å². The number of para-hydroxylation sites is 1. The molecule has 3 rings (SSSR count). The van der Waals surface area contributed by atoms with Crippen molar-refractivity contribution in [1.82, 2.24) is 25.5 Å². The maximum Gasteiger partial charge on any atom is 0.214 e. The molecule has 0 fully saturated rings. The number of hydrogen-bond donors (Lipinski definition) is 2. The highest BCUT2D eigenvalue weighted by Gasteiger charge is 2.08. The Hall–Kier alpha value is -2.42. The molecule has 2 N–H and O–H groups in total. The van der Waals surface area contributed by atoms with E-state index >= 15 is 0 Å². The lowest BCUT2D eigenvalue weighted by Gasteiger charge is -2.07. The lowest BCUT2D eigenvalue weighted by atomic mass is 10.2. The van der Waals surface area contributed by atoms with Crippen LogP contribution < -0.4 is 10.1 Å². The number of aliphatic hydroxyl groups excluding tert-OH is 1. The number of thioether (sulfide) groups is 1. The zero-order chi connectivity index (χ0) is 18.0. The molecule has 0 unspecified atom stereocenters. The van der Waals surface area contributed by atoms with Gasteiger partial charge in [0.15, 0.2) is 0 Å². The largest absolute Gasteiger partial charge is 0.491 e. The number of benzene rings is 2. The summed E-state index contributed by atoms with van der Waals surface area (Å²) in [6.45, 7) is 1.96.